The van der Waals surface area contributed by atoms with Crippen molar-refractivity contribution in [1.29, 1.82) is 0 Å². The molecule has 0 fully saturated rings. The monoisotopic (exact) mass is 496 g/mol. The van der Waals surface area contributed by atoms with E-state index in [4.69, 9.17) is 9.47 Å². The molecular weight excluding hydrogens is 471 g/mol. The molecule has 182 valence electrons. The van der Waals surface area contributed by atoms with Crippen LogP contribution in [0.15, 0.2) is 71.6 Å². The number of hydrogen-bond donors (Lipinski definition) is 1. The van der Waals surface area contributed by atoms with Gasteiger partial charge in [-0.3, -0.25) is 9.10 Å². The third-order valence-corrected chi connectivity index (χ3v) is 7.51. The Morgan fingerprint density at radius 2 is 1.83 bits per heavy atom. The van der Waals surface area contributed by atoms with E-state index in [1.165, 1.54) is 48.9 Å². The number of carbonyl (C=O) groups is 1. The predicted molar refractivity (Wildman–Crippen MR) is 132 cm³/mol. The van der Waals surface area contributed by atoms with Crippen LogP contribution < -0.4 is 19.1 Å². The number of carbonyl (C=O) groups excluding carboxylic acids is 1. The minimum atomic E-state index is -3.98. The Morgan fingerprint density at radius 3 is 2.54 bits per heavy atom. The molecule has 0 aromatic heterocycles. The van der Waals surface area contributed by atoms with E-state index in [0.717, 1.165) is 11.1 Å². The molecule has 4 rings (SSSR count). The van der Waals surface area contributed by atoms with Crippen LogP contribution >= 0.6 is 0 Å². The molecule has 0 bridgehead atoms. The van der Waals surface area contributed by atoms with Crippen molar-refractivity contribution in [3.05, 3.63) is 89.2 Å². The van der Waals surface area contributed by atoms with E-state index in [9.17, 15) is 17.6 Å². The van der Waals surface area contributed by atoms with Crippen LogP contribution in [0.5, 0.6) is 11.5 Å². The highest BCUT2D eigenvalue weighted by Crippen LogP contribution is 2.40. The van der Waals surface area contributed by atoms with Crippen molar-refractivity contribution in [3.8, 4) is 11.5 Å². The van der Waals surface area contributed by atoms with Gasteiger partial charge in [-0.05, 0) is 59.5 Å². The van der Waals surface area contributed by atoms with E-state index in [2.05, 4.69) is 5.32 Å². The average molecular weight is 497 g/mol. The first-order valence-electron chi connectivity index (χ1n) is 10.9. The van der Waals surface area contributed by atoms with Crippen LogP contribution in [0, 0.1) is 5.82 Å². The SMILES string of the molecule is COc1cc(C=CC(=O)NCc2ccc(F)cc2)cc(S(=O)(=O)N2CCc3ccccc32)c1OC. The van der Waals surface area contributed by atoms with Crippen molar-refractivity contribution in [2.24, 2.45) is 0 Å². The van der Waals surface area contributed by atoms with Gasteiger partial charge in [-0.2, -0.15) is 0 Å². The average Bonchev–Trinajstić information content (AvgIpc) is 3.31. The Bertz CT molecular complexity index is 1370. The lowest BCUT2D eigenvalue weighted by Crippen LogP contribution is -2.29. The van der Waals surface area contributed by atoms with E-state index in [0.29, 0.717) is 24.2 Å². The molecule has 3 aromatic carbocycles. The molecule has 1 N–H and O–H groups in total. The number of amides is 1. The number of hydrogen-bond acceptors (Lipinski definition) is 5. The maximum absolute atomic E-state index is 13.7. The van der Waals surface area contributed by atoms with Gasteiger partial charge in [0.1, 0.15) is 10.7 Å². The summed E-state index contributed by atoms with van der Waals surface area (Å²) < 4.78 is 52.6. The van der Waals surface area contributed by atoms with E-state index in [-0.39, 0.29) is 34.7 Å². The Kier molecular flexibility index (Phi) is 7.07. The van der Waals surface area contributed by atoms with Crippen molar-refractivity contribution in [1.82, 2.24) is 5.32 Å². The summed E-state index contributed by atoms with van der Waals surface area (Å²) in [4.78, 5) is 12.3. The molecule has 0 saturated carbocycles. The van der Waals surface area contributed by atoms with Gasteiger partial charge in [-0.15, -0.1) is 0 Å². The van der Waals surface area contributed by atoms with Crippen LogP contribution in [0.3, 0.4) is 0 Å². The second-order valence-electron chi connectivity index (χ2n) is 7.89. The fraction of sp³-hybridized carbons (Fsp3) is 0.192. The molecule has 0 radical (unpaired) electrons. The molecule has 1 aliphatic rings. The van der Waals surface area contributed by atoms with Gasteiger partial charge in [0.2, 0.25) is 5.91 Å². The van der Waals surface area contributed by atoms with Gasteiger partial charge in [-0.25, -0.2) is 12.8 Å². The molecule has 1 aliphatic heterocycles. The molecule has 0 saturated heterocycles. The summed E-state index contributed by atoms with van der Waals surface area (Å²) in [6.45, 7) is 0.544. The Hall–Kier alpha value is -3.85. The fourth-order valence-electron chi connectivity index (χ4n) is 3.94. The first-order chi connectivity index (χ1) is 16.8. The quantitative estimate of drug-likeness (QED) is 0.478. The van der Waals surface area contributed by atoms with E-state index in [1.807, 2.05) is 12.1 Å². The second kappa shape index (κ2) is 10.2. The highest BCUT2D eigenvalue weighted by molar-refractivity contribution is 7.93. The molecule has 0 spiro atoms. The van der Waals surface area contributed by atoms with Gasteiger partial charge in [0, 0.05) is 19.2 Å². The molecular formula is C26H25FN2O5S. The number of anilines is 1. The van der Waals surface area contributed by atoms with Gasteiger partial charge in [-0.1, -0.05) is 30.3 Å². The number of halogens is 1. The van der Waals surface area contributed by atoms with Crippen LogP contribution in [0.25, 0.3) is 6.08 Å². The van der Waals surface area contributed by atoms with Crippen molar-refractivity contribution in [3.63, 3.8) is 0 Å². The van der Waals surface area contributed by atoms with Crippen LogP contribution in [-0.2, 0) is 27.8 Å². The normalized spacial score (nSPS) is 13.1. The molecule has 1 heterocycles. The van der Waals surface area contributed by atoms with Gasteiger partial charge >= 0.3 is 0 Å². The maximum Gasteiger partial charge on any atom is 0.268 e. The van der Waals surface area contributed by atoms with Gasteiger partial charge < -0.3 is 14.8 Å². The zero-order valence-electron chi connectivity index (χ0n) is 19.3. The number of fused-ring (bicyclic) bond motifs is 1. The van der Waals surface area contributed by atoms with E-state index in [1.54, 1.807) is 30.3 Å². The van der Waals surface area contributed by atoms with Crippen molar-refractivity contribution in [2.45, 2.75) is 17.9 Å². The summed E-state index contributed by atoms with van der Waals surface area (Å²) in [5, 5.41) is 2.71. The van der Waals surface area contributed by atoms with Gasteiger partial charge in [0.05, 0.1) is 19.9 Å². The lowest BCUT2D eigenvalue weighted by molar-refractivity contribution is -0.116. The molecule has 0 atom stereocenters. The summed E-state index contributed by atoms with van der Waals surface area (Å²) >= 11 is 0. The summed E-state index contributed by atoms with van der Waals surface area (Å²) in [5.41, 5.74) is 2.79. The lowest BCUT2D eigenvalue weighted by atomic mass is 10.2. The number of para-hydroxylation sites is 1. The third kappa shape index (κ3) is 5.14. The number of nitrogens with one attached hydrogen (secondary N) is 1. The molecule has 3 aromatic rings. The standard InChI is InChI=1S/C26H25FN2O5S/c1-33-23-15-19(9-12-25(30)28-17-18-7-10-21(27)11-8-18)16-24(26(23)34-2)35(31,32)29-14-13-20-5-3-4-6-22(20)29/h3-12,15-16H,13-14,17H2,1-2H3,(H,28,30). The molecule has 0 unspecified atom stereocenters. The summed E-state index contributed by atoms with van der Waals surface area (Å²) in [7, 11) is -1.17. The van der Waals surface area contributed by atoms with Crippen molar-refractivity contribution >= 4 is 27.7 Å². The highest BCUT2D eigenvalue weighted by Gasteiger charge is 2.34. The highest BCUT2D eigenvalue weighted by atomic mass is 32.2. The third-order valence-electron chi connectivity index (χ3n) is 5.69. The first kappa shape index (κ1) is 24.3. The Morgan fingerprint density at radius 1 is 1.09 bits per heavy atom. The maximum atomic E-state index is 13.7. The number of methoxy groups -OCH3 is 2. The zero-order chi connectivity index (χ0) is 25.0. The van der Waals surface area contributed by atoms with Crippen LogP contribution in [-0.4, -0.2) is 35.1 Å². The van der Waals surface area contributed by atoms with E-state index >= 15 is 0 Å². The minimum absolute atomic E-state index is 0.0533. The van der Waals surface area contributed by atoms with E-state index < -0.39 is 10.0 Å². The summed E-state index contributed by atoms with van der Waals surface area (Å²) in [6.07, 6.45) is 3.41. The molecule has 35 heavy (non-hydrogen) atoms. The van der Waals surface area contributed by atoms with Crippen molar-refractivity contribution < 1.29 is 27.1 Å². The second-order valence-corrected chi connectivity index (χ2v) is 9.72. The Labute approximate surface area is 203 Å². The molecule has 9 heteroatoms. The number of sulfonamides is 1. The van der Waals surface area contributed by atoms with Crippen LogP contribution in [0.1, 0.15) is 16.7 Å². The molecule has 7 nitrogen and oxygen atoms in total. The van der Waals surface area contributed by atoms with Gasteiger partial charge in [0.25, 0.3) is 10.0 Å². The summed E-state index contributed by atoms with van der Waals surface area (Å²) in [5.74, 6) is -0.416. The molecule has 1 amide bonds. The number of ether oxygens (including phenoxy) is 2. The topological polar surface area (TPSA) is 84.9 Å². The minimum Gasteiger partial charge on any atom is -0.493 e. The van der Waals surface area contributed by atoms with Gasteiger partial charge in [0.15, 0.2) is 11.5 Å². The lowest BCUT2D eigenvalue weighted by Gasteiger charge is -2.22. The number of rotatable bonds is 8. The summed E-state index contributed by atoms with van der Waals surface area (Å²) in [6, 6.07) is 16.2. The zero-order valence-corrected chi connectivity index (χ0v) is 20.1. The Balaban J connectivity index is 1.61. The van der Waals surface area contributed by atoms with Crippen LogP contribution in [0.4, 0.5) is 10.1 Å². The first-order valence-corrected chi connectivity index (χ1v) is 12.3. The van der Waals surface area contributed by atoms with Crippen molar-refractivity contribution in [2.75, 3.05) is 25.1 Å². The number of nitrogens with zero attached hydrogens (tertiary/aromatic N) is 1. The smallest absolute Gasteiger partial charge is 0.268 e. The number of benzene rings is 3. The van der Waals surface area contributed by atoms with Crippen LogP contribution in [0.2, 0.25) is 0 Å². The fourth-order valence-corrected chi connectivity index (χ4v) is 5.65. The molecule has 0 aliphatic carbocycles. The largest absolute Gasteiger partial charge is 0.493 e. The predicted octanol–water partition coefficient (Wildman–Crippen LogP) is 3.92.